The molecule has 0 saturated heterocycles. The number of aromatic nitrogens is 2. The largest absolute Gasteiger partial charge is 0.423 e. The number of hydrogen-bond donors (Lipinski definition) is 2. The zero-order chi connectivity index (χ0) is 23.6. The summed E-state index contributed by atoms with van der Waals surface area (Å²) in [5, 5.41) is 10.6. The minimum Gasteiger partial charge on any atom is -0.423 e. The molecule has 2 heterocycles. The van der Waals surface area contributed by atoms with Gasteiger partial charge in [-0.2, -0.15) is 5.10 Å². The molecule has 12 heteroatoms. The topological polar surface area (TPSA) is 144 Å². The van der Waals surface area contributed by atoms with Gasteiger partial charge in [-0.25, -0.2) is 16.8 Å². The van der Waals surface area contributed by atoms with E-state index in [-0.39, 0.29) is 18.2 Å². The number of nitrogens with zero attached hydrogens (tertiary/aromatic N) is 3. The standard InChI is InChI=1S/C21H23N5O5S2/c1-14-3-7-16(8-4-14)18-11-21(25-22-18)32(27,28)12-19-23-24-20(31-19)13-33(29,30)26-17-9-5-15(2)6-10-17/h3-10,21,25-26H,11-13H2,1-2H3. The Morgan fingerprint density at radius 1 is 0.909 bits per heavy atom. The SMILES string of the molecule is Cc1ccc(NS(=O)(=O)Cc2nnc(CS(=O)(=O)C3CC(c4ccc(C)cc4)=NN3)o2)cc1. The van der Waals surface area contributed by atoms with Crippen LogP contribution in [0.15, 0.2) is 58.0 Å². The molecule has 1 aliphatic rings. The van der Waals surface area contributed by atoms with Gasteiger partial charge < -0.3 is 4.42 Å². The Morgan fingerprint density at radius 3 is 2.12 bits per heavy atom. The predicted molar refractivity (Wildman–Crippen MR) is 124 cm³/mol. The third-order valence-corrected chi connectivity index (χ3v) is 7.97. The molecule has 3 aromatic rings. The number of benzene rings is 2. The number of anilines is 1. The summed E-state index contributed by atoms with van der Waals surface area (Å²) in [5.41, 5.74) is 6.64. The third kappa shape index (κ3) is 5.76. The highest BCUT2D eigenvalue weighted by Crippen LogP contribution is 2.20. The number of sulfonamides is 1. The van der Waals surface area contributed by atoms with Gasteiger partial charge in [0.25, 0.3) is 0 Å². The van der Waals surface area contributed by atoms with Crippen LogP contribution in [0.3, 0.4) is 0 Å². The Balaban J connectivity index is 1.37. The molecule has 2 aromatic carbocycles. The normalized spacial score (nSPS) is 16.3. The monoisotopic (exact) mass is 489 g/mol. The lowest BCUT2D eigenvalue weighted by Crippen LogP contribution is -2.31. The second kappa shape index (κ2) is 8.94. The third-order valence-electron chi connectivity index (χ3n) is 5.01. The molecule has 4 rings (SSSR count). The van der Waals surface area contributed by atoms with Crippen molar-refractivity contribution in [2.45, 2.75) is 37.1 Å². The number of hydrogen-bond acceptors (Lipinski definition) is 9. The van der Waals surface area contributed by atoms with Crippen LogP contribution in [0.2, 0.25) is 0 Å². The van der Waals surface area contributed by atoms with E-state index in [1.54, 1.807) is 24.3 Å². The van der Waals surface area contributed by atoms with Gasteiger partial charge in [0, 0.05) is 12.1 Å². The molecule has 10 nitrogen and oxygen atoms in total. The molecule has 1 atom stereocenters. The van der Waals surface area contributed by atoms with Crippen LogP contribution in [0.25, 0.3) is 0 Å². The van der Waals surface area contributed by atoms with E-state index in [1.165, 1.54) is 0 Å². The summed E-state index contributed by atoms with van der Waals surface area (Å²) in [7, 11) is -7.55. The average molecular weight is 490 g/mol. The number of aryl methyl sites for hydroxylation is 2. The smallest absolute Gasteiger partial charge is 0.241 e. The summed E-state index contributed by atoms with van der Waals surface area (Å²) in [4.78, 5) is 0. The molecule has 2 N–H and O–H groups in total. The van der Waals surface area contributed by atoms with E-state index in [0.29, 0.717) is 11.4 Å². The highest BCUT2D eigenvalue weighted by Gasteiger charge is 2.33. The van der Waals surface area contributed by atoms with Crippen LogP contribution < -0.4 is 10.1 Å². The maximum atomic E-state index is 12.8. The first-order chi connectivity index (χ1) is 15.6. The summed E-state index contributed by atoms with van der Waals surface area (Å²) >= 11 is 0. The summed E-state index contributed by atoms with van der Waals surface area (Å²) in [6, 6.07) is 14.5. The number of sulfone groups is 1. The van der Waals surface area contributed by atoms with E-state index in [2.05, 4.69) is 25.4 Å². The van der Waals surface area contributed by atoms with Crippen LogP contribution in [-0.4, -0.2) is 38.1 Å². The van der Waals surface area contributed by atoms with Crippen molar-refractivity contribution in [1.29, 1.82) is 0 Å². The van der Waals surface area contributed by atoms with Crippen LogP contribution in [0.4, 0.5) is 5.69 Å². The number of hydrazone groups is 1. The van der Waals surface area contributed by atoms with Gasteiger partial charge in [-0.1, -0.05) is 47.5 Å². The van der Waals surface area contributed by atoms with Gasteiger partial charge in [0.1, 0.15) is 11.5 Å². The summed E-state index contributed by atoms with van der Waals surface area (Å²) in [6.07, 6.45) is 0.196. The van der Waals surface area contributed by atoms with Gasteiger partial charge in [0.05, 0.1) is 5.71 Å². The van der Waals surface area contributed by atoms with Crippen LogP contribution in [0.1, 0.15) is 34.9 Å². The zero-order valence-electron chi connectivity index (χ0n) is 18.0. The molecule has 1 aliphatic heterocycles. The van der Waals surface area contributed by atoms with Crippen molar-refractivity contribution < 1.29 is 21.3 Å². The van der Waals surface area contributed by atoms with Crippen LogP contribution >= 0.6 is 0 Å². The van der Waals surface area contributed by atoms with Crippen molar-refractivity contribution in [1.82, 2.24) is 15.6 Å². The van der Waals surface area contributed by atoms with Crippen molar-refractivity contribution in [3.63, 3.8) is 0 Å². The fourth-order valence-electron chi connectivity index (χ4n) is 3.23. The molecule has 0 saturated carbocycles. The number of nitrogens with one attached hydrogen (secondary N) is 2. The van der Waals surface area contributed by atoms with Crippen LogP contribution in [-0.2, 0) is 31.4 Å². The molecule has 0 spiro atoms. The predicted octanol–water partition coefficient (Wildman–Crippen LogP) is 2.27. The summed E-state index contributed by atoms with van der Waals surface area (Å²) in [5.74, 6) is -1.48. The molecule has 0 radical (unpaired) electrons. The van der Waals surface area contributed by atoms with E-state index < -0.39 is 36.7 Å². The Labute approximate surface area is 192 Å². The molecule has 0 fully saturated rings. The average Bonchev–Trinajstić information content (AvgIpc) is 3.40. The fraction of sp³-hybridized carbons (Fsp3) is 0.286. The Hall–Kier alpha value is -3.25. The zero-order valence-corrected chi connectivity index (χ0v) is 19.6. The lowest BCUT2D eigenvalue weighted by Gasteiger charge is -2.09. The van der Waals surface area contributed by atoms with Gasteiger partial charge in [0.15, 0.2) is 15.2 Å². The maximum absolute atomic E-state index is 12.8. The first-order valence-corrected chi connectivity index (χ1v) is 13.5. The summed E-state index contributed by atoms with van der Waals surface area (Å²) in [6.45, 7) is 3.86. The maximum Gasteiger partial charge on any atom is 0.241 e. The molecule has 0 amide bonds. The minimum absolute atomic E-state index is 0.180. The highest BCUT2D eigenvalue weighted by molar-refractivity contribution is 7.92. The van der Waals surface area contributed by atoms with E-state index >= 15 is 0 Å². The van der Waals surface area contributed by atoms with Crippen molar-refractivity contribution in [2.24, 2.45) is 5.10 Å². The summed E-state index contributed by atoms with van der Waals surface area (Å²) < 4.78 is 58.1. The fourth-order valence-corrected chi connectivity index (χ4v) is 5.53. The van der Waals surface area contributed by atoms with Gasteiger partial charge in [0.2, 0.25) is 21.8 Å². The molecule has 1 aromatic heterocycles. The molecule has 1 unspecified atom stereocenters. The highest BCUT2D eigenvalue weighted by atomic mass is 32.2. The molecule has 33 heavy (non-hydrogen) atoms. The lowest BCUT2D eigenvalue weighted by molar-refractivity contribution is 0.470. The second-order valence-corrected chi connectivity index (χ2v) is 11.8. The van der Waals surface area contributed by atoms with Crippen molar-refractivity contribution in [3.05, 3.63) is 77.0 Å². The lowest BCUT2D eigenvalue weighted by atomic mass is 10.1. The molecule has 0 bridgehead atoms. The van der Waals surface area contributed by atoms with Crippen molar-refractivity contribution >= 4 is 31.3 Å². The first-order valence-electron chi connectivity index (χ1n) is 10.1. The van der Waals surface area contributed by atoms with Crippen LogP contribution in [0.5, 0.6) is 0 Å². The molecular weight excluding hydrogens is 466 g/mol. The second-order valence-electron chi connectivity index (χ2n) is 7.87. The van der Waals surface area contributed by atoms with Crippen LogP contribution in [0, 0.1) is 13.8 Å². The molecule has 0 aliphatic carbocycles. The van der Waals surface area contributed by atoms with Gasteiger partial charge in [-0.15, -0.1) is 10.2 Å². The molecule has 174 valence electrons. The number of rotatable bonds is 8. The van der Waals surface area contributed by atoms with Gasteiger partial charge >= 0.3 is 0 Å². The Bertz CT molecular complexity index is 1380. The minimum atomic E-state index is -3.81. The first kappa shape index (κ1) is 22.9. The van der Waals surface area contributed by atoms with E-state index in [1.807, 2.05) is 38.1 Å². The van der Waals surface area contributed by atoms with Gasteiger partial charge in [-0.3, -0.25) is 10.1 Å². The van der Waals surface area contributed by atoms with Crippen molar-refractivity contribution in [3.8, 4) is 0 Å². The van der Waals surface area contributed by atoms with Gasteiger partial charge in [-0.05, 0) is 31.5 Å². The van der Waals surface area contributed by atoms with E-state index in [9.17, 15) is 16.8 Å². The Morgan fingerprint density at radius 2 is 1.48 bits per heavy atom. The van der Waals surface area contributed by atoms with E-state index in [0.717, 1.165) is 16.7 Å². The quantitative estimate of drug-likeness (QED) is 0.490. The Kier molecular flexibility index (Phi) is 6.21. The van der Waals surface area contributed by atoms with E-state index in [4.69, 9.17) is 4.42 Å². The van der Waals surface area contributed by atoms with Crippen molar-refractivity contribution in [2.75, 3.05) is 4.72 Å². The molecular formula is C21H23N5O5S2.